The van der Waals surface area contributed by atoms with Gasteiger partial charge in [0.2, 0.25) is 0 Å². The van der Waals surface area contributed by atoms with Gasteiger partial charge in [0.1, 0.15) is 54.6 Å². The number of piperidine rings is 1. The number of hydrogen-bond acceptors (Lipinski definition) is 13. The van der Waals surface area contributed by atoms with E-state index in [4.69, 9.17) is 23.7 Å². The number of allylic oxidation sites excluding steroid dienone is 1. The van der Waals surface area contributed by atoms with Crippen LogP contribution in [0.1, 0.15) is 85.5 Å². The molecule has 52 heavy (non-hydrogen) atoms. The Hall–Kier alpha value is -0.780. The van der Waals surface area contributed by atoms with Crippen molar-refractivity contribution in [3.63, 3.8) is 0 Å². The first-order valence-electron chi connectivity index (χ1n) is 20.1. The maximum atomic E-state index is 11.4. The van der Waals surface area contributed by atoms with Gasteiger partial charge in [-0.25, -0.2) is 0 Å². The molecule has 296 valence electrons. The van der Waals surface area contributed by atoms with Crippen molar-refractivity contribution in [2.45, 2.75) is 165 Å². The molecule has 4 saturated heterocycles. The van der Waals surface area contributed by atoms with Crippen LogP contribution in [-0.2, 0) is 23.7 Å². The maximum Gasteiger partial charge on any atom is 0.187 e. The normalized spacial score (nSPS) is 57.5. The van der Waals surface area contributed by atoms with Crippen LogP contribution >= 0.6 is 0 Å². The molecule has 4 heterocycles. The second-order valence-corrected chi connectivity index (χ2v) is 18.4. The van der Waals surface area contributed by atoms with Gasteiger partial charge in [0.15, 0.2) is 12.6 Å². The number of nitrogens with one attached hydrogen (secondary N) is 1. The SMILES string of the molecule is C[C@@H]1CC[C@]2(NC1)O[C@@H]1C[C@H]3[C@@H]4CC=C5C[C@@H](O[C@H]6O[C@@H](CO)[C@H](O)[C@@H](O[C@H]7O[C@@H](CO)[C@H](O)[C@@H](O)[C@@H]7O)[C@@H]6O)CC[C@]5(C)[C@@H]4CC[C@@]3(C)[C@@H]1[C@H]2C. The standard InChI is InChI=1S/C39H63NO12/c1-18-7-12-39(40-15-18)19(2)28-25(52-39)14-24-22-6-5-20-13-21(8-10-37(20,3)23(22)9-11-38(24,28)4)48-36-33(47)34(30(44)27(17-42)50-36)51-35-32(46)31(45)29(43)26(16-41)49-35/h5,18-19,21-36,40-47H,6-17H2,1-4H3/t18-,19-,21+,22-,23-,24+,25-,26+,27+,28-,29+,30+,31-,32+,33+,34-,35-,36+,37+,38-,39+/m1/s1. The molecule has 0 amide bonds. The van der Waals surface area contributed by atoms with Gasteiger partial charge in [0.05, 0.1) is 25.4 Å². The minimum Gasteiger partial charge on any atom is -0.394 e. The van der Waals surface area contributed by atoms with E-state index in [-0.39, 0.29) is 22.7 Å². The quantitative estimate of drug-likeness (QED) is 0.179. The summed E-state index contributed by atoms with van der Waals surface area (Å²) in [4.78, 5) is 0. The van der Waals surface area contributed by atoms with Gasteiger partial charge in [-0.05, 0) is 98.2 Å². The van der Waals surface area contributed by atoms with Crippen molar-refractivity contribution in [3.8, 4) is 0 Å². The van der Waals surface area contributed by atoms with Gasteiger partial charge in [0, 0.05) is 12.5 Å². The molecule has 4 aliphatic carbocycles. The smallest absolute Gasteiger partial charge is 0.187 e. The molecule has 0 aromatic carbocycles. The van der Waals surface area contributed by atoms with E-state index < -0.39 is 74.6 Å². The number of aliphatic hydroxyl groups is 7. The first kappa shape index (κ1) is 38.1. The van der Waals surface area contributed by atoms with Gasteiger partial charge in [0.25, 0.3) is 0 Å². The second kappa shape index (κ2) is 14.0. The van der Waals surface area contributed by atoms with Crippen molar-refractivity contribution in [1.82, 2.24) is 5.32 Å². The number of fused-ring (bicyclic) bond motifs is 7. The third-order valence-corrected chi connectivity index (χ3v) is 15.8. The zero-order chi connectivity index (χ0) is 36.9. The van der Waals surface area contributed by atoms with E-state index in [1.165, 1.54) is 24.8 Å². The first-order chi connectivity index (χ1) is 24.7. The predicted octanol–water partition coefficient (Wildman–Crippen LogP) is 0.935. The molecule has 21 atom stereocenters. The van der Waals surface area contributed by atoms with Gasteiger partial charge in [-0.15, -0.1) is 0 Å². The van der Waals surface area contributed by atoms with Gasteiger partial charge < -0.3 is 59.4 Å². The molecule has 8 aliphatic rings. The zero-order valence-electron chi connectivity index (χ0n) is 31.1. The lowest BCUT2D eigenvalue weighted by Gasteiger charge is -2.59. The van der Waals surface area contributed by atoms with Crippen molar-refractivity contribution < 1.29 is 59.4 Å². The van der Waals surface area contributed by atoms with Gasteiger partial charge >= 0.3 is 0 Å². The van der Waals surface area contributed by atoms with Crippen molar-refractivity contribution in [1.29, 1.82) is 0 Å². The minimum atomic E-state index is -1.73. The van der Waals surface area contributed by atoms with Crippen LogP contribution in [0.2, 0.25) is 0 Å². The molecule has 3 saturated carbocycles. The van der Waals surface area contributed by atoms with Gasteiger partial charge in [-0.3, -0.25) is 5.32 Å². The van der Waals surface area contributed by atoms with E-state index in [0.29, 0.717) is 48.0 Å². The predicted molar refractivity (Wildman–Crippen MR) is 185 cm³/mol. The Kier molecular flexibility index (Phi) is 10.3. The third-order valence-electron chi connectivity index (χ3n) is 15.8. The minimum absolute atomic E-state index is 0.0567. The summed E-state index contributed by atoms with van der Waals surface area (Å²) in [5.74, 6) is 3.63. The molecule has 0 aromatic rings. The second-order valence-electron chi connectivity index (χ2n) is 18.4. The van der Waals surface area contributed by atoms with E-state index in [0.717, 1.165) is 38.6 Å². The molecule has 13 nitrogen and oxygen atoms in total. The van der Waals surface area contributed by atoms with E-state index >= 15 is 0 Å². The number of aliphatic hydroxyl groups excluding tert-OH is 7. The van der Waals surface area contributed by atoms with Crippen LogP contribution in [0.4, 0.5) is 0 Å². The van der Waals surface area contributed by atoms with Crippen molar-refractivity contribution in [3.05, 3.63) is 11.6 Å². The average molecular weight is 738 g/mol. The van der Waals surface area contributed by atoms with Crippen LogP contribution < -0.4 is 5.32 Å². The highest BCUT2D eigenvalue weighted by molar-refractivity contribution is 5.26. The molecule has 0 aromatic heterocycles. The largest absolute Gasteiger partial charge is 0.394 e. The molecular formula is C39H63NO12. The number of rotatable bonds is 6. The molecule has 1 spiro atoms. The molecule has 13 heteroatoms. The summed E-state index contributed by atoms with van der Waals surface area (Å²) >= 11 is 0. The number of hydrogen-bond donors (Lipinski definition) is 8. The Morgan fingerprint density at radius 2 is 1.52 bits per heavy atom. The Labute approximate surface area is 307 Å². The monoisotopic (exact) mass is 737 g/mol. The highest BCUT2D eigenvalue weighted by Crippen LogP contribution is 2.70. The van der Waals surface area contributed by atoms with Crippen molar-refractivity contribution in [2.24, 2.45) is 46.3 Å². The van der Waals surface area contributed by atoms with Crippen LogP contribution in [-0.4, -0.2) is 135 Å². The van der Waals surface area contributed by atoms with E-state index in [9.17, 15) is 35.7 Å². The lowest BCUT2D eigenvalue weighted by Crippen LogP contribution is -2.65. The summed E-state index contributed by atoms with van der Waals surface area (Å²) in [6.45, 7) is 9.61. The van der Waals surface area contributed by atoms with E-state index in [1.807, 2.05) is 0 Å². The molecule has 8 N–H and O–H groups in total. The van der Waals surface area contributed by atoms with Gasteiger partial charge in [-0.2, -0.15) is 0 Å². The van der Waals surface area contributed by atoms with Crippen LogP contribution in [0, 0.1) is 46.3 Å². The molecule has 0 unspecified atom stereocenters. The zero-order valence-corrected chi connectivity index (χ0v) is 31.1. The van der Waals surface area contributed by atoms with Crippen LogP contribution in [0.5, 0.6) is 0 Å². The van der Waals surface area contributed by atoms with Crippen LogP contribution in [0.3, 0.4) is 0 Å². The fourth-order valence-electron chi connectivity index (χ4n) is 12.8. The Morgan fingerprint density at radius 1 is 0.808 bits per heavy atom. The lowest BCUT2D eigenvalue weighted by molar-refractivity contribution is -0.364. The maximum absolute atomic E-state index is 11.4. The molecule has 8 rings (SSSR count). The molecule has 0 radical (unpaired) electrons. The molecule has 4 aliphatic heterocycles. The molecule has 7 fully saturated rings. The average Bonchev–Trinajstić information content (AvgIpc) is 3.58. The summed E-state index contributed by atoms with van der Waals surface area (Å²) < 4.78 is 30.6. The summed E-state index contributed by atoms with van der Waals surface area (Å²) in [5, 5.41) is 76.8. The summed E-state index contributed by atoms with van der Waals surface area (Å²) in [5.41, 5.74) is 1.57. The fraction of sp³-hybridized carbons (Fsp3) is 0.949. The van der Waals surface area contributed by atoms with E-state index in [1.54, 1.807) is 0 Å². The summed E-state index contributed by atoms with van der Waals surface area (Å²) in [7, 11) is 0. The van der Waals surface area contributed by atoms with Crippen molar-refractivity contribution >= 4 is 0 Å². The van der Waals surface area contributed by atoms with Crippen molar-refractivity contribution in [2.75, 3.05) is 19.8 Å². The third kappa shape index (κ3) is 5.90. The number of ether oxygens (including phenoxy) is 5. The van der Waals surface area contributed by atoms with E-state index in [2.05, 4.69) is 39.1 Å². The Balaban J connectivity index is 0.938. The fourth-order valence-corrected chi connectivity index (χ4v) is 12.8. The summed E-state index contributed by atoms with van der Waals surface area (Å²) in [6, 6.07) is 0. The van der Waals surface area contributed by atoms with Gasteiger partial charge in [-0.1, -0.05) is 39.3 Å². The van der Waals surface area contributed by atoms with Crippen LogP contribution in [0.25, 0.3) is 0 Å². The molecular weight excluding hydrogens is 674 g/mol. The highest BCUT2D eigenvalue weighted by Gasteiger charge is 2.68. The highest BCUT2D eigenvalue weighted by atomic mass is 16.7. The summed E-state index contributed by atoms with van der Waals surface area (Å²) in [6.07, 6.45) is -2.81. The Bertz CT molecular complexity index is 1330. The molecule has 0 bridgehead atoms. The topological polar surface area (TPSA) is 200 Å². The Morgan fingerprint density at radius 3 is 2.21 bits per heavy atom. The lowest BCUT2D eigenvalue weighted by atomic mass is 9.47. The first-order valence-corrected chi connectivity index (χ1v) is 20.1. The van der Waals surface area contributed by atoms with Crippen LogP contribution in [0.15, 0.2) is 11.6 Å².